The Balaban J connectivity index is 1.95. The zero-order valence-electron chi connectivity index (χ0n) is 10.4. The molecule has 0 N–H and O–H groups in total. The van der Waals surface area contributed by atoms with Crippen LogP contribution in [0.25, 0.3) is 0 Å². The Kier molecular flexibility index (Phi) is 3.92. The molecule has 17 heavy (non-hydrogen) atoms. The van der Waals surface area contributed by atoms with E-state index in [1.165, 1.54) is 0 Å². The predicted octanol–water partition coefficient (Wildman–Crippen LogP) is 1.98. The second kappa shape index (κ2) is 5.43. The third kappa shape index (κ3) is 2.93. The first-order chi connectivity index (χ1) is 8.18. The Labute approximate surface area is 102 Å². The summed E-state index contributed by atoms with van der Waals surface area (Å²) in [5.41, 5.74) is 0.783. The van der Waals surface area contributed by atoms with Crippen molar-refractivity contribution < 1.29 is 9.53 Å². The van der Waals surface area contributed by atoms with Gasteiger partial charge in [-0.15, -0.1) is 0 Å². The molecule has 3 nitrogen and oxygen atoms in total. The van der Waals surface area contributed by atoms with Gasteiger partial charge in [0, 0.05) is 18.2 Å². The van der Waals surface area contributed by atoms with Gasteiger partial charge in [-0.1, -0.05) is 30.3 Å². The fourth-order valence-electron chi connectivity index (χ4n) is 2.36. The van der Waals surface area contributed by atoms with E-state index in [1.807, 2.05) is 37.4 Å². The van der Waals surface area contributed by atoms with Crippen molar-refractivity contribution in [3.05, 3.63) is 35.9 Å². The number of rotatable bonds is 4. The summed E-state index contributed by atoms with van der Waals surface area (Å²) in [7, 11) is 2.00. The summed E-state index contributed by atoms with van der Waals surface area (Å²) < 4.78 is 5.52. The smallest absolute Gasteiger partial charge is 0.176 e. The lowest BCUT2D eigenvalue weighted by Gasteiger charge is -2.25. The molecular formula is C14H19NO2. The van der Waals surface area contributed by atoms with Crippen molar-refractivity contribution in [1.29, 1.82) is 0 Å². The third-order valence-electron chi connectivity index (χ3n) is 3.39. The van der Waals surface area contributed by atoms with Gasteiger partial charge in [0.1, 0.15) is 0 Å². The second-order valence-corrected chi connectivity index (χ2v) is 4.64. The van der Waals surface area contributed by atoms with Crippen molar-refractivity contribution in [2.45, 2.75) is 25.5 Å². The molecule has 2 unspecified atom stereocenters. The lowest BCUT2D eigenvalue weighted by molar-refractivity contribution is 0.0746. The van der Waals surface area contributed by atoms with Crippen LogP contribution >= 0.6 is 0 Å². The molecule has 1 aromatic rings. The van der Waals surface area contributed by atoms with Crippen molar-refractivity contribution >= 4 is 5.78 Å². The molecule has 0 aromatic heterocycles. The van der Waals surface area contributed by atoms with Gasteiger partial charge in [0.15, 0.2) is 5.78 Å². The van der Waals surface area contributed by atoms with E-state index < -0.39 is 0 Å². The molecule has 1 heterocycles. The average Bonchev–Trinajstić information content (AvgIpc) is 2.76. The molecule has 92 valence electrons. The Bertz CT molecular complexity index is 377. The number of Topliss-reactive ketones (excluding diaryl/α,β-unsaturated/α-hetero) is 1. The topological polar surface area (TPSA) is 29.5 Å². The molecule has 3 heteroatoms. The zero-order chi connectivity index (χ0) is 12.3. The van der Waals surface area contributed by atoms with Gasteiger partial charge in [0.05, 0.1) is 12.6 Å². The molecule has 1 fully saturated rings. The van der Waals surface area contributed by atoms with Crippen molar-refractivity contribution in [2.24, 2.45) is 0 Å². The molecular weight excluding hydrogens is 214 g/mol. The molecule has 1 aliphatic heterocycles. The van der Waals surface area contributed by atoms with Gasteiger partial charge in [-0.05, 0) is 20.4 Å². The zero-order valence-corrected chi connectivity index (χ0v) is 10.4. The van der Waals surface area contributed by atoms with Gasteiger partial charge in [0.25, 0.3) is 0 Å². The molecule has 0 saturated carbocycles. The van der Waals surface area contributed by atoms with Crippen LogP contribution in [0.2, 0.25) is 0 Å². The Morgan fingerprint density at radius 1 is 1.41 bits per heavy atom. The van der Waals surface area contributed by atoms with Gasteiger partial charge < -0.3 is 4.74 Å². The summed E-state index contributed by atoms with van der Waals surface area (Å²) in [6, 6.07) is 9.81. The van der Waals surface area contributed by atoms with Crippen molar-refractivity contribution in [3.8, 4) is 0 Å². The van der Waals surface area contributed by atoms with Crippen LogP contribution in [0.3, 0.4) is 0 Å². The molecule has 1 aliphatic rings. The fourth-order valence-corrected chi connectivity index (χ4v) is 2.36. The summed E-state index contributed by atoms with van der Waals surface area (Å²) in [5.74, 6) is 0.173. The van der Waals surface area contributed by atoms with E-state index >= 15 is 0 Å². The summed E-state index contributed by atoms with van der Waals surface area (Å²) in [4.78, 5) is 14.1. The average molecular weight is 233 g/mol. The number of carbonyl (C=O) groups is 1. The van der Waals surface area contributed by atoms with E-state index in [0.29, 0.717) is 12.6 Å². The number of hydrogen-bond acceptors (Lipinski definition) is 3. The largest absolute Gasteiger partial charge is 0.377 e. The SMILES string of the molecule is CC1OCCC1N(C)CC(=O)c1ccccc1. The Hall–Kier alpha value is -1.19. The first-order valence-electron chi connectivity index (χ1n) is 6.08. The monoisotopic (exact) mass is 233 g/mol. The van der Waals surface area contributed by atoms with E-state index in [2.05, 4.69) is 11.8 Å². The van der Waals surface area contributed by atoms with Crippen molar-refractivity contribution in [1.82, 2.24) is 4.90 Å². The number of likely N-dealkylation sites (N-methyl/N-ethyl adjacent to an activating group) is 1. The highest BCUT2D eigenvalue weighted by atomic mass is 16.5. The molecule has 1 saturated heterocycles. The molecule has 0 bridgehead atoms. The minimum atomic E-state index is 0.173. The Morgan fingerprint density at radius 2 is 2.12 bits per heavy atom. The molecule has 1 aromatic carbocycles. The van der Waals surface area contributed by atoms with Crippen LogP contribution in [0.5, 0.6) is 0 Å². The normalized spacial score (nSPS) is 24.2. The van der Waals surface area contributed by atoms with Crippen LogP contribution < -0.4 is 0 Å². The van der Waals surface area contributed by atoms with E-state index in [1.54, 1.807) is 0 Å². The highest BCUT2D eigenvalue weighted by molar-refractivity contribution is 5.97. The number of ketones is 1. The minimum Gasteiger partial charge on any atom is -0.377 e. The van der Waals surface area contributed by atoms with E-state index in [0.717, 1.165) is 18.6 Å². The molecule has 0 radical (unpaired) electrons. The van der Waals surface area contributed by atoms with Crippen LogP contribution in [-0.2, 0) is 4.74 Å². The maximum absolute atomic E-state index is 12.0. The number of ether oxygens (including phenoxy) is 1. The highest BCUT2D eigenvalue weighted by Crippen LogP contribution is 2.18. The molecule has 0 aliphatic carbocycles. The van der Waals surface area contributed by atoms with Gasteiger partial charge in [0.2, 0.25) is 0 Å². The number of hydrogen-bond donors (Lipinski definition) is 0. The van der Waals surface area contributed by atoms with E-state index in [9.17, 15) is 4.79 Å². The summed E-state index contributed by atoms with van der Waals surface area (Å²) >= 11 is 0. The van der Waals surface area contributed by atoms with Gasteiger partial charge >= 0.3 is 0 Å². The van der Waals surface area contributed by atoms with Gasteiger partial charge in [-0.2, -0.15) is 0 Å². The summed E-state index contributed by atoms with van der Waals surface area (Å²) in [6.07, 6.45) is 1.24. The van der Waals surface area contributed by atoms with Crippen LogP contribution in [0.15, 0.2) is 30.3 Å². The van der Waals surface area contributed by atoms with Crippen LogP contribution in [0.1, 0.15) is 23.7 Å². The minimum absolute atomic E-state index is 0.173. The molecule has 2 atom stereocenters. The highest BCUT2D eigenvalue weighted by Gasteiger charge is 2.28. The lowest BCUT2D eigenvalue weighted by Crippen LogP contribution is -2.39. The van der Waals surface area contributed by atoms with E-state index in [4.69, 9.17) is 4.74 Å². The van der Waals surface area contributed by atoms with Crippen LogP contribution in [0, 0.1) is 0 Å². The van der Waals surface area contributed by atoms with Gasteiger partial charge in [-0.25, -0.2) is 0 Å². The summed E-state index contributed by atoms with van der Waals surface area (Å²) in [5, 5.41) is 0. The first-order valence-corrected chi connectivity index (χ1v) is 6.08. The number of benzene rings is 1. The predicted molar refractivity (Wildman–Crippen MR) is 67.2 cm³/mol. The maximum Gasteiger partial charge on any atom is 0.176 e. The second-order valence-electron chi connectivity index (χ2n) is 4.64. The number of nitrogens with zero attached hydrogens (tertiary/aromatic N) is 1. The van der Waals surface area contributed by atoms with Crippen LogP contribution in [-0.4, -0.2) is 43.0 Å². The fraction of sp³-hybridized carbons (Fsp3) is 0.500. The van der Waals surface area contributed by atoms with Crippen molar-refractivity contribution in [2.75, 3.05) is 20.2 Å². The van der Waals surface area contributed by atoms with E-state index in [-0.39, 0.29) is 11.9 Å². The maximum atomic E-state index is 12.0. The van der Waals surface area contributed by atoms with Gasteiger partial charge in [-0.3, -0.25) is 9.69 Å². The standard InChI is InChI=1S/C14H19NO2/c1-11-13(8-9-17-11)15(2)10-14(16)12-6-4-3-5-7-12/h3-7,11,13H,8-10H2,1-2H3. The van der Waals surface area contributed by atoms with Crippen molar-refractivity contribution in [3.63, 3.8) is 0 Å². The third-order valence-corrected chi connectivity index (χ3v) is 3.39. The molecule has 0 amide bonds. The molecule has 0 spiro atoms. The quantitative estimate of drug-likeness (QED) is 0.745. The Morgan fingerprint density at radius 3 is 2.71 bits per heavy atom. The lowest BCUT2D eigenvalue weighted by atomic mass is 10.1. The first kappa shape index (κ1) is 12.3. The van der Waals surface area contributed by atoms with Crippen LogP contribution in [0.4, 0.5) is 0 Å². The molecule has 2 rings (SSSR count). The number of carbonyl (C=O) groups excluding carboxylic acids is 1. The summed E-state index contributed by atoms with van der Waals surface area (Å²) in [6.45, 7) is 3.33.